The van der Waals surface area contributed by atoms with Gasteiger partial charge in [-0.25, -0.2) is 0 Å². The second kappa shape index (κ2) is 5.17. The van der Waals surface area contributed by atoms with Gasteiger partial charge in [-0.15, -0.1) is 0 Å². The van der Waals surface area contributed by atoms with Gasteiger partial charge in [-0.3, -0.25) is 4.79 Å². The molecule has 0 aliphatic carbocycles. The summed E-state index contributed by atoms with van der Waals surface area (Å²) >= 11 is 0. The Morgan fingerprint density at radius 1 is 1.43 bits per heavy atom. The van der Waals surface area contributed by atoms with Crippen LogP contribution in [0.5, 0.6) is 0 Å². The third-order valence-corrected chi connectivity index (χ3v) is 1.80. The Labute approximate surface area is 83.1 Å². The molecule has 1 aromatic carbocycles. The second-order valence-corrected chi connectivity index (χ2v) is 3.15. The van der Waals surface area contributed by atoms with Crippen molar-refractivity contribution in [3.63, 3.8) is 0 Å². The molecule has 0 aliphatic rings. The van der Waals surface area contributed by atoms with E-state index >= 15 is 0 Å². The average Bonchev–Trinajstić information content (AvgIpc) is 2.19. The first-order valence-corrected chi connectivity index (χ1v) is 4.51. The van der Waals surface area contributed by atoms with Crippen LogP contribution in [0.25, 0.3) is 0 Å². The minimum atomic E-state index is -0.411. The number of hydrogen-bond donors (Lipinski definition) is 1. The molecule has 3 heteroatoms. The number of aldehydes is 1. The van der Waals surface area contributed by atoms with E-state index in [2.05, 4.69) is 5.32 Å². The molecule has 0 radical (unpaired) electrons. The molecular weight excluding hydrogens is 178 g/mol. The van der Waals surface area contributed by atoms with E-state index in [0.29, 0.717) is 12.7 Å². The van der Waals surface area contributed by atoms with E-state index in [0.717, 1.165) is 5.56 Å². The number of rotatable bonds is 4. The van der Waals surface area contributed by atoms with Crippen LogP contribution in [0, 0.1) is 0 Å². The van der Waals surface area contributed by atoms with Crippen molar-refractivity contribution < 1.29 is 9.59 Å². The van der Waals surface area contributed by atoms with Crippen LogP contribution in [-0.2, 0) is 16.0 Å². The smallest absolute Gasteiger partial charge is 0.224 e. The minimum Gasteiger partial charge on any atom is -0.347 e. The van der Waals surface area contributed by atoms with Gasteiger partial charge in [0.1, 0.15) is 6.29 Å². The van der Waals surface area contributed by atoms with Crippen molar-refractivity contribution in [2.24, 2.45) is 0 Å². The lowest BCUT2D eigenvalue weighted by Crippen LogP contribution is -2.34. The zero-order chi connectivity index (χ0) is 10.4. The molecule has 0 heterocycles. The summed E-state index contributed by atoms with van der Waals surface area (Å²) in [5, 5.41) is 2.57. The summed E-state index contributed by atoms with van der Waals surface area (Å²) in [5.74, 6) is -0.129. The molecule has 0 spiro atoms. The molecule has 0 saturated heterocycles. The lowest BCUT2D eigenvalue weighted by molar-refractivity contribution is -0.123. The molecule has 1 N–H and O–H groups in total. The Bertz CT molecular complexity index is 308. The third-order valence-electron chi connectivity index (χ3n) is 1.80. The summed E-state index contributed by atoms with van der Waals surface area (Å²) in [5.41, 5.74) is 0.947. The van der Waals surface area contributed by atoms with Gasteiger partial charge in [-0.2, -0.15) is 0 Å². The van der Waals surface area contributed by atoms with Gasteiger partial charge in [0.2, 0.25) is 5.91 Å². The van der Waals surface area contributed by atoms with E-state index < -0.39 is 6.04 Å². The summed E-state index contributed by atoms with van der Waals surface area (Å²) < 4.78 is 0. The molecule has 0 aliphatic heterocycles. The molecule has 3 nitrogen and oxygen atoms in total. The number of carbonyl (C=O) groups excluding carboxylic acids is 2. The van der Waals surface area contributed by atoms with Crippen LogP contribution in [0.3, 0.4) is 0 Å². The van der Waals surface area contributed by atoms with Crippen LogP contribution >= 0.6 is 0 Å². The Kier molecular flexibility index (Phi) is 3.85. The molecule has 1 amide bonds. The molecule has 1 atom stereocenters. The van der Waals surface area contributed by atoms with Crippen LogP contribution < -0.4 is 5.32 Å². The number of amides is 1. The highest BCUT2D eigenvalue weighted by atomic mass is 16.2. The lowest BCUT2D eigenvalue weighted by Gasteiger charge is -2.06. The summed E-state index contributed by atoms with van der Waals surface area (Å²) in [4.78, 5) is 21.6. The van der Waals surface area contributed by atoms with E-state index in [4.69, 9.17) is 0 Å². The molecule has 74 valence electrons. The normalized spacial score (nSPS) is 11.8. The van der Waals surface area contributed by atoms with E-state index in [1.165, 1.54) is 0 Å². The third kappa shape index (κ3) is 3.39. The summed E-state index contributed by atoms with van der Waals surface area (Å²) in [7, 11) is 0. The van der Waals surface area contributed by atoms with E-state index in [1.807, 2.05) is 30.3 Å². The first-order chi connectivity index (χ1) is 6.72. The fourth-order valence-electron chi connectivity index (χ4n) is 1.12. The van der Waals surface area contributed by atoms with Crippen molar-refractivity contribution in [2.45, 2.75) is 19.4 Å². The van der Waals surface area contributed by atoms with E-state index in [1.54, 1.807) is 6.92 Å². The maximum atomic E-state index is 11.3. The zero-order valence-electron chi connectivity index (χ0n) is 8.07. The highest BCUT2D eigenvalue weighted by Crippen LogP contribution is 1.99. The predicted molar refractivity (Wildman–Crippen MR) is 53.8 cm³/mol. The summed E-state index contributed by atoms with van der Waals surface area (Å²) in [6, 6.07) is 9.01. The largest absolute Gasteiger partial charge is 0.347 e. The molecule has 0 saturated carbocycles. The van der Waals surface area contributed by atoms with Gasteiger partial charge in [0.15, 0.2) is 0 Å². The number of nitrogens with one attached hydrogen (secondary N) is 1. The first-order valence-electron chi connectivity index (χ1n) is 4.51. The zero-order valence-corrected chi connectivity index (χ0v) is 8.07. The first kappa shape index (κ1) is 10.4. The fourth-order valence-corrected chi connectivity index (χ4v) is 1.12. The van der Waals surface area contributed by atoms with Gasteiger partial charge in [-0.1, -0.05) is 30.3 Å². The molecule has 1 rings (SSSR count). The van der Waals surface area contributed by atoms with Crippen molar-refractivity contribution in [3.05, 3.63) is 35.9 Å². The standard InChI is InChI=1S/C11H13NO2/c1-9(8-13)12-11(14)7-10-5-3-2-4-6-10/h2-6,8-9H,7H2,1H3,(H,12,14). The average molecular weight is 191 g/mol. The van der Waals surface area contributed by atoms with Crippen LogP contribution in [0.1, 0.15) is 12.5 Å². The minimum absolute atomic E-state index is 0.129. The van der Waals surface area contributed by atoms with Gasteiger partial charge in [0, 0.05) is 0 Å². The van der Waals surface area contributed by atoms with Crippen LogP contribution in [0.4, 0.5) is 0 Å². The lowest BCUT2D eigenvalue weighted by atomic mass is 10.1. The maximum Gasteiger partial charge on any atom is 0.224 e. The van der Waals surface area contributed by atoms with Gasteiger partial charge in [-0.05, 0) is 12.5 Å². The van der Waals surface area contributed by atoms with Crippen molar-refractivity contribution in [1.82, 2.24) is 5.32 Å². The Balaban J connectivity index is 2.46. The van der Waals surface area contributed by atoms with E-state index in [-0.39, 0.29) is 5.91 Å². The molecule has 1 aromatic rings. The quantitative estimate of drug-likeness (QED) is 0.720. The van der Waals surface area contributed by atoms with Gasteiger partial charge >= 0.3 is 0 Å². The van der Waals surface area contributed by atoms with Gasteiger partial charge in [0.25, 0.3) is 0 Å². The SMILES string of the molecule is CC(C=O)NC(=O)Cc1ccccc1. The Morgan fingerprint density at radius 3 is 2.64 bits per heavy atom. The van der Waals surface area contributed by atoms with Crippen LogP contribution in [-0.4, -0.2) is 18.2 Å². The van der Waals surface area contributed by atoms with Crippen molar-refractivity contribution in [2.75, 3.05) is 0 Å². The molecule has 14 heavy (non-hydrogen) atoms. The second-order valence-electron chi connectivity index (χ2n) is 3.15. The number of benzene rings is 1. The highest BCUT2D eigenvalue weighted by molar-refractivity contribution is 5.81. The summed E-state index contributed by atoms with van der Waals surface area (Å²) in [6.45, 7) is 1.65. The van der Waals surface area contributed by atoms with Crippen molar-refractivity contribution >= 4 is 12.2 Å². The van der Waals surface area contributed by atoms with Gasteiger partial charge in [0.05, 0.1) is 12.5 Å². The fraction of sp³-hybridized carbons (Fsp3) is 0.273. The van der Waals surface area contributed by atoms with Crippen molar-refractivity contribution in [3.8, 4) is 0 Å². The van der Waals surface area contributed by atoms with Gasteiger partial charge < -0.3 is 10.1 Å². The Morgan fingerprint density at radius 2 is 2.07 bits per heavy atom. The topological polar surface area (TPSA) is 46.2 Å². The number of hydrogen-bond acceptors (Lipinski definition) is 2. The maximum absolute atomic E-state index is 11.3. The molecule has 0 bridgehead atoms. The summed E-state index contributed by atoms with van der Waals surface area (Å²) in [6.07, 6.45) is 1.03. The molecule has 0 fully saturated rings. The molecule has 0 aromatic heterocycles. The predicted octanol–water partition coefficient (Wildman–Crippen LogP) is 0.933. The molecule has 1 unspecified atom stereocenters. The Hall–Kier alpha value is -1.64. The van der Waals surface area contributed by atoms with E-state index in [9.17, 15) is 9.59 Å². The van der Waals surface area contributed by atoms with Crippen LogP contribution in [0.2, 0.25) is 0 Å². The monoisotopic (exact) mass is 191 g/mol. The molecular formula is C11H13NO2. The highest BCUT2D eigenvalue weighted by Gasteiger charge is 2.05. The van der Waals surface area contributed by atoms with Crippen LogP contribution in [0.15, 0.2) is 30.3 Å². The number of carbonyl (C=O) groups is 2. The van der Waals surface area contributed by atoms with Crippen molar-refractivity contribution in [1.29, 1.82) is 0 Å².